The maximum atomic E-state index is 10.5. The number of ether oxygens (including phenoxy) is 2. The second-order valence-corrected chi connectivity index (χ2v) is 3.32. The first-order valence-corrected chi connectivity index (χ1v) is 4.01. The fraction of sp³-hybridized carbons (Fsp3) is 0.667. The van der Waals surface area contributed by atoms with Crippen LogP contribution in [0.3, 0.4) is 0 Å². The van der Waals surface area contributed by atoms with Crippen molar-refractivity contribution >= 4 is 6.29 Å². The van der Waals surface area contributed by atoms with Crippen molar-refractivity contribution in [3.8, 4) is 0 Å². The lowest BCUT2D eigenvalue weighted by molar-refractivity contribution is -0.281. The molecule has 0 N–H and O–H groups in total. The van der Waals surface area contributed by atoms with Crippen LogP contribution in [0.2, 0.25) is 0 Å². The molecule has 0 unspecified atom stereocenters. The maximum Gasteiger partial charge on any atom is 0.164 e. The van der Waals surface area contributed by atoms with Crippen LogP contribution in [0.15, 0.2) is 12.7 Å². The van der Waals surface area contributed by atoms with Crippen LogP contribution in [0.4, 0.5) is 0 Å². The van der Waals surface area contributed by atoms with E-state index >= 15 is 0 Å². The van der Waals surface area contributed by atoms with Gasteiger partial charge in [0.15, 0.2) is 5.79 Å². The summed E-state index contributed by atoms with van der Waals surface area (Å²) in [6, 6.07) is 0. The minimum Gasteiger partial charge on any atom is -0.343 e. The molecule has 0 saturated carbocycles. The highest BCUT2D eigenvalue weighted by Gasteiger charge is 2.33. The van der Waals surface area contributed by atoms with Crippen LogP contribution in [0.5, 0.6) is 0 Å². The molecule has 0 bridgehead atoms. The average Bonchev–Trinajstić information content (AvgIpc) is 2.01. The molecule has 1 aliphatic heterocycles. The molecular weight excluding hydrogens is 156 g/mol. The van der Waals surface area contributed by atoms with Gasteiger partial charge < -0.3 is 14.3 Å². The van der Waals surface area contributed by atoms with Crippen molar-refractivity contribution in [3.05, 3.63) is 12.7 Å². The highest BCUT2D eigenvalue weighted by Crippen LogP contribution is 2.25. The van der Waals surface area contributed by atoms with E-state index in [0.717, 1.165) is 6.29 Å². The van der Waals surface area contributed by atoms with Crippen LogP contribution < -0.4 is 0 Å². The van der Waals surface area contributed by atoms with Gasteiger partial charge in [0, 0.05) is 6.42 Å². The molecule has 0 aromatic heterocycles. The summed E-state index contributed by atoms with van der Waals surface area (Å²) in [6.45, 7) is 7.20. The standard InChI is InChI=1S/C9H14O3/c1-4-7-5-8(6-10)12-9(2,3)11-7/h4,6-8H,1,5H2,2-3H3/t7-,8-/m1/s1. The summed E-state index contributed by atoms with van der Waals surface area (Å²) in [6.07, 6.45) is 2.62. The summed E-state index contributed by atoms with van der Waals surface area (Å²) >= 11 is 0. The molecule has 0 amide bonds. The Labute approximate surface area is 72.4 Å². The molecule has 0 radical (unpaired) electrons. The van der Waals surface area contributed by atoms with Gasteiger partial charge in [0.2, 0.25) is 0 Å². The van der Waals surface area contributed by atoms with Crippen LogP contribution in [0.1, 0.15) is 20.3 Å². The zero-order valence-corrected chi connectivity index (χ0v) is 7.45. The Morgan fingerprint density at radius 2 is 2.00 bits per heavy atom. The van der Waals surface area contributed by atoms with E-state index in [1.165, 1.54) is 0 Å². The van der Waals surface area contributed by atoms with Gasteiger partial charge in [-0.2, -0.15) is 0 Å². The van der Waals surface area contributed by atoms with Crippen LogP contribution in [0.25, 0.3) is 0 Å². The monoisotopic (exact) mass is 170 g/mol. The van der Waals surface area contributed by atoms with Gasteiger partial charge in [-0.25, -0.2) is 0 Å². The van der Waals surface area contributed by atoms with E-state index in [0.29, 0.717) is 6.42 Å². The van der Waals surface area contributed by atoms with E-state index in [1.54, 1.807) is 19.9 Å². The predicted molar refractivity (Wildman–Crippen MR) is 44.7 cm³/mol. The molecule has 2 atom stereocenters. The number of carbonyl (C=O) groups excluding carboxylic acids is 1. The number of hydrogen-bond donors (Lipinski definition) is 0. The molecule has 3 heteroatoms. The lowest BCUT2D eigenvalue weighted by Crippen LogP contribution is -2.44. The zero-order chi connectivity index (χ0) is 9.19. The van der Waals surface area contributed by atoms with Gasteiger partial charge in [-0.05, 0) is 13.8 Å². The molecule has 0 aromatic carbocycles. The number of rotatable bonds is 2. The Morgan fingerprint density at radius 1 is 1.42 bits per heavy atom. The lowest BCUT2D eigenvalue weighted by atomic mass is 10.1. The Hall–Kier alpha value is -0.670. The largest absolute Gasteiger partial charge is 0.343 e. The topological polar surface area (TPSA) is 35.5 Å². The van der Waals surface area contributed by atoms with E-state index in [4.69, 9.17) is 9.47 Å². The Kier molecular flexibility index (Phi) is 2.65. The molecule has 1 fully saturated rings. The smallest absolute Gasteiger partial charge is 0.164 e. The molecule has 12 heavy (non-hydrogen) atoms. The summed E-state index contributed by atoms with van der Waals surface area (Å²) in [7, 11) is 0. The van der Waals surface area contributed by atoms with E-state index < -0.39 is 5.79 Å². The van der Waals surface area contributed by atoms with Crippen molar-refractivity contribution in [1.82, 2.24) is 0 Å². The third-order valence-corrected chi connectivity index (χ3v) is 1.75. The van der Waals surface area contributed by atoms with Gasteiger partial charge >= 0.3 is 0 Å². The van der Waals surface area contributed by atoms with Crippen molar-refractivity contribution in [2.75, 3.05) is 0 Å². The molecular formula is C9H14O3. The van der Waals surface area contributed by atoms with Gasteiger partial charge in [0.25, 0.3) is 0 Å². The highest BCUT2D eigenvalue weighted by molar-refractivity contribution is 5.56. The molecule has 1 rings (SSSR count). The number of carbonyl (C=O) groups is 1. The third kappa shape index (κ3) is 2.16. The van der Waals surface area contributed by atoms with E-state index in [1.807, 2.05) is 0 Å². The van der Waals surface area contributed by atoms with Gasteiger partial charge in [-0.3, -0.25) is 0 Å². The van der Waals surface area contributed by atoms with Crippen LogP contribution in [-0.2, 0) is 14.3 Å². The van der Waals surface area contributed by atoms with Crippen molar-refractivity contribution in [1.29, 1.82) is 0 Å². The van der Waals surface area contributed by atoms with E-state index in [-0.39, 0.29) is 12.2 Å². The molecule has 0 aliphatic carbocycles. The SMILES string of the molecule is C=C[C@@H]1C[C@H](C=O)OC(C)(C)O1. The first-order valence-electron chi connectivity index (χ1n) is 4.01. The molecule has 3 nitrogen and oxygen atoms in total. The second kappa shape index (κ2) is 3.37. The molecule has 1 saturated heterocycles. The van der Waals surface area contributed by atoms with Crippen LogP contribution in [-0.4, -0.2) is 24.3 Å². The number of hydrogen-bond acceptors (Lipinski definition) is 3. The van der Waals surface area contributed by atoms with Gasteiger partial charge in [0.1, 0.15) is 12.4 Å². The van der Waals surface area contributed by atoms with Crippen LogP contribution >= 0.6 is 0 Å². The third-order valence-electron chi connectivity index (χ3n) is 1.75. The van der Waals surface area contributed by atoms with Gasteiger partial charge in [-0.1, -0.05) is 6.08 Å². The highest BCUT2D eigenvalue weighted by atomic mass is 16.7. The minimum absolute atomic E-state index is 0.0797. The molecule has 1 heterocycles. The van der Waals surface area contributed by atoms with E-state index in [9.17, 15) is 4.79 Å². The molecule has 1 aliphatic rings. The van der Waals surface area contributed by atoms with Crippen molar-refractivity contribution in [2.45, 2.75) is 38.3 Å². The lowest BCUT2D eigenvalue weighted by Gasteiger charge is -2.37. The summed E-state index contributed by atoms with van der Waals surface area (Å²) in [4.78, 5) is 10.5. The molecule has 68 valence electrons. The summed E-state index contributed by atoms with van der Waals surface area (Å²) in [5, 5.41) is 0. The van der Waals surface area contributed by atoms with E-state index in [2.05, 4.69) is 6.58 Å². The molecule has 0 spiro atoms. The quantitative estimate of drug-likeness (QED) is 0.462. The summed E-state index contributed by atoms with van der Waals surface area (Å²) in [5.41, 5.74) is 0. The Balaban J connectivity index is 2.64. The van der Waals surface area contributed by atoms with Crippen LogP contribution in [0, 0.1) is 0 Å². The first-order chi connectivity index (χ1) is 5.57. The Morgan fingerprint density at radius 3 is 2.50 bits per heavy atom. The average molecular weight is 170 g/mol. The fourth-order valence-electron chi connectivity index (χ4n) is 1.31. The second-order valence-electron chi connectivity index (χ2n) is 3.32. The predicted octanol–water partition coefficient (Wildman–Crippen LogP) is 1.28. The van der Waals surface area contributed by atoms with Crippen molar-refractivity contribution in [2.24, 2.45) is 0 Å². The van der Waals surface area contributed by atoms with Crippen molar-refractivity contribution < 1.29 is 14.3 Å². The number of aldehydes is 1. The molecule has 0 aromatic rings. The maximum absolute atomic E-state index is 10.5. The minimum atomic E-state index is -0.678. The normalized spacial score (nSPS) is 34.2. The summed E-state index contributed by atoms with van der Waals surface area (Å²) < 4.78 is 10.8. The Bertz CT molecular complexity index is 168. The van der Waals surface area contributed by atoms with Gasteiger partial charge in [-0.15, -0.1) is 6.58 Å². The first kappa shape index (κ1) is 9.42. The zero-order valence-electron chi connectivity index (χ0n) is 7.45. The fourth-order valence-corrected chi connectivity index (χ4v) is 1.31. The van der Waals surface area contributed by atoms with Crippen molar-refractivity contribution in [3.63, 3.8) is 0 Å². The summed E-state index contributed by atoms with van der Waals surface area (Å²) in [5.74, 6) is -0.678. The van der Waals surface area contributed by atoms with Gasteiger partial charge in [0.05, 0.1) is 6.10 Å².